The van der Waals surface area contributed by atoms with Gasteiger partial charge in [-0.1, -0.05) is 18.2 Å². The summed E-state index contributed by atoms with van der Waals surface area (Å²) in [5.41, 5.74) is 1.31. The summed E-state index contributed by atoms with van der Waals surface area (Å²) in [6.07, 6.45) is 9.98. The molecule has 4 rings (SSSR count). The van der Waals surface area contributed by atoms with Crippen LogP contribution in [0, 0.1) is 0 Å². The Morgan fingerprint density at radius 2 is 1.93 bits per heavy atom. The monoisotopic (exact) mass is 382 g/mol. The quantitative estimate of drug-likeness (QED) is 0.821. The van der Waals surface area contributed by atoms with Crippen molar-refractivity contribution in [1.82, 2.24) is 9.88 Å². The molecule has 5 nitrogen and oxygen atoms in total. The molecule has 1 saturated heterocycles. The molecule has 150 valence electrons. The Morgan fingerprint density at radius 1 is 1.14 bits per heavy atom. The summed E-state index contributed by atoms with van der Waals surface area (Å²) in [6.45, 7) is 2.49. The average molecular weight is 383 g/mol. The van der Waals surface area contributed by atoms with Crippen LogP contribution in [0.2, 0.25) is 0 Å². The Balaban J connectivity index is 1.45. The first kappa shape index (κ1) is 19.2. The third kappa shape index (κ3) is 4.15. The largest absolute Gasteiger partial charge is 0.493 e. The van der Waals surface area contributed by atoms with Crippen LogP contribution >= 0.6 is 0 Å². The molecule has 2 fully saturated rings. The maximum absolute atomic E-state index is 11.0. The summed E-state index contributed by atoms with van der Waals surface area (Å²) in [4.78, 5) is 6.56. The number of hydrogen-bond donors (Lipinski definition) is 1. The van der Waals surface area contributed by atoms with Gasteiger partial charge in [0, 0.05) is 43.2 Å². The second-order valence-electron chi connectivity index (χ2n) is 8.02. The molecule has 2 aromatic rings. The van der Waals surface area contributed by atoms with Gasteiger partial charge in [-0.3, -0.25) is 9.88 Å². The van der Waals surface area contributed by atoms with Gasteiger partial charge in [-0.25, -0.2) is 0 Å². The number of aliphatic hydroxyl groups is 1. The third-order valence-electron chi connectivity index (χ3n) is 6.14. The molecule has 1 aliphatic carbocycles. The topological polar surface area (TPSA) is 54.8 Å². The molecule has 28 heavy (non-hydrogen) atoms. The van der Waals surface area contributed by atoms with Crippen molar-refractivity contribution in [2.75, 3.05) is 20.2 Å². The van der Waals surface area contributed by atoms with Gasteiger partial charge in [0.25, 0.3) is 0 Å². The predicted molar refractivity (Wildman–Crippen MR) is 109 cm³/mol. The molecule has 0 bridgehead atoms. The van der Waals surface area contributed by atoms with Crippen LogP contribution < -0.4 is 9.47 Å². The van der Waals surface area contributed by atoms with E-state index >= 15 is 0 Å². The fourth-order valence-corrected chi connectivity index (χ4v) is 4.40. The van der Waals surface area contributed by atoms with Gasteiger partial charge < -0.3 is 14.6 Å². The zero-order chi connectivity index (χ0) is 19.4. The van der Waals surface area contributed by atoms with E-state index in [1.807, 2.05) is 24.3 Å². The molecule has 1 saturated carbocycles. The number of aromatic nitrogens is 1. The van der Waals surface area contributed by atoms with Gasteiger partial charge in [0.15, 0.2) is 11.5 Å². The highest BCUT2D eigenvalue weighted by atomic mass is 16.5. The van der Waals surface area contributed by atoms with Crippen molar-refractivity contribution in [3.05, 3.63) is 53.9 Å². The number of piperidine rings is 1. The lowest BCUT2D eigenvalue weighted by molar-refractivity contribution is -0.0281. The number of likely N-dealkylation sites (tertiary alicyclic amines) is 1. The SMILES string of the molecule is COc1cccc(CN2CCC(O)(c3cccnc3)CC2)c1OC1CCCC1. The molecule has 0 radical (unpaired) electrons. The second kappa shape index (κ2) is 8.50. The number of ether oxygens (including phenoxy) is 2. The first-order valence-corrected chi connectivity index (χ1v) is 10.4. The highest BCUT2D eigenvalue weighted by molar-refractivity contribution is 5.47. The summed E-state index contributed by atoms with van der Waals surface area (Å²) >= 11 is 0. The van der Waals surface area contributed by atoms with Gasteiger partial charge in [-0.2, -0.15) is 0 Å². The molecule has 1 aliphatic heterocycles. The van der Waals surface area contributed by atoms with Crippen LogP contribution in [0.4, 0.5) is 0 Å². The first-order chi connectivity index (χ1) is 13.7. The van der Waals surface area contributed by atoms with Crippen LogP contribution in [0.1, 0.15) is 49.7 Å². The number of methoxy groups -OCH3 is 1. The number of para-hydroxylation sites is 1. The molecule has 0 atom stereocenters. The Kier molecular flexibility index (Phi) is 5.83. The maximum atomic E-state index is 11.0. The van der Waals surface area contributed by atoms with Crippen molar-refractivity contribution >= 4 is 0 Å². The Labute approximate surface area is 167 Å². The average Bonchev–Trinajstić information content (AvgIpc) is 3.25. The number of hydrogen-bond acceptors (Lipinski definition) is 5. The highest BCUT2D eigenvalue weighted by Gasteiger charge is 2.34. The van der Waals surface area contributed by atoms with E-state index < -0.39 is 5.60 Å². The van der Waals surface area contributed by atoms with Gasteiger partial charge in [-0.15, -0.1) is 0 Å². The summed E-state index contributed by atoms with van der Waals surface area (Å²) in [7, 11) is 1.70. The predicted octanol–water partition coefficient (Wildman–Crippen LogP) is 3.90. The van der Waals surface area contributed by atoms with Gasteiger partial charge in [0.1, 0.15) is 0 Å². The van der Waals surface area contributed by atoms with E-state index in [0.717, 1.165) is 55.1 Å². The van der Waals surface area contributed by atoms with Crippen molar-refractivity contribution in [2.24, 2.45) is 0 Å². The number of pyridine rings is 1. The smallest absolute Gasteiger partial charge is 0.166 e. The Hall–Kier alpha value is -2.11. The van der Waals surface area contributed by atoms with Gasteiger partial charge in [0.2, 0.25) is 0 Å². The fraction of sp³-hybridized carbons (Fsp3) is 0.522. The lowest BCUT2D eigenvalue weighted by atomic mass is 9.85. The van der Waals surface area contributed by atoms with E-state index in [-0.39, 0.29) is 0 Å². The summed E-state index contributed by atoms with van der Waals surface area (Å²) in [5, 5.41) is 11.0. The molecule has 1 N–H and O–H groups in total. The molecule has 2 heterocycles. The molecule has 0 amide bonds. The minimum Gasteiger partial charge on any atom is -0.493 e. The highest BCUT2D eigenvalue weighted by Crippen LogP contribution is 2.37. The van der Waals surface area contributed by atoms with Gasteiger partial charge in [0.05, 0.1) is 18.8 Å². The zero-order valence-corrected chi connectivity index (χ0v) is 16.6. The summed E-state index contributed by atoms with van der Waals surface area (Å²) in [5.74, 6) is 1.71. The van der Waals surface area contributed by atoms with Crippen molar-refractivity contribution in [3.63, 3.8) is 0 Å². The van der Waals surface area contributed by atoms with E-state index in [1.54, 1.807) is 19.5 Å². The second-order valence-corrected chi connectivity index (χ2v) is 8.02. The minimum absolute atomic E-state index is 0.298. The van der Waals surface area contributed by atoms with Crippen LogP contribution in [0.25, 0.3) is 0 Å². The zero-order valence-electron chi connectivity index (χ0n) is 16.6. The summed E-state index contributed by atoms with van der Waals surface area (Å²) in [6, 6.07) is 10.0. The lowest BCUT2D eigenvalue weighted by Gasteiger charge is -2.38. The molecule has 0 unspecified atom stereocenters. The minimum atomic E-state index is -0.775. The van der Waals surface area contributed by atoms with Crippen molar-refractivity contribution in [3.8, 4) is 11.5 Å². The van der Waals surface area contributed by atoms with Crippen LogP contribution in [-0.4, -0.2) is 41.3 Å². The molecule has 2 aliphatic rings. The number of rotatable bonds is 6. The van der Waals surface area contributed by atoms with Crippen LogP contribution in [-0.2, 0) is 12.1 Å². The molecule has 1 aromatic heterocycles. The molecule has 1 aromatic carbocycles. The van der Waals surface area contributed by atoms with E-state index in [1.165, 1.54) is 12.8 Å². The van der Waals surface area contributed by atoms with Crippen LogP contribution in [0.15, 0.2) is 42.7 Å². The van der Waals surface area contributed by atoms with Crippen molar-refractivity contribution < 1.29 is 14.6 Å². The van der Waals surface area contributed by atoms with Crippen molar-refractivity contribution in [1.29, 1.82) is 0 Å². The maximum Gasteiger partial charge on any atom is 0.166 e. The normalized spacial score (nSPS) is 20.2. The van der Waals surface area contributed by atoms with Gasteiger partial charge in [-0.05, 0) is 50.7 Å². The van der Waals surface area contributed by atoms with Crippen LogP contribution in [0.5, 0.6) is 11.5 Å². The van der Waals surface area contributed by atoms with E-state index in [0.29, 0.717) is 18.9 Å². The third-order valence-corrected chi connectivity index (χ3v) is 6.14. The Bertz CT molecular complexity index is 767. The number of nitrogens with zero attached hydrogens (tertiary/aromatic N) is 2. The molecule has 0 spiro atoms. The molecule has 5 heteroatoms. The van der Waals surface area contributed by atoms with Gasteiger partial charge >= 0.3 is 0 Å². The first-order valence-electron chi connectivity index (χ1n) is 10.4. The van der Waals surface area contributed by atoms with E-state index in [9.17, 15) is 5.11 Å². The number of benzene rings is 1. The van der Waals surface area contributed by atoms with E-state index in [2.05, 4.69) is 16.0 Å². The fourth-order valence-electron chi connectivity index (χ4n) is 4.40. The van der Waals surface area contributed by atoms with Crippen molar-refractivity contribution in [2.45, 2.75) is 56.8 Å². The van der Waals surface area contributed by atoms with E-state index in [4.69, 9.17) is 9.47 Å². The van der Waals surface area contributed by atoms with Crippen LogP contribution in [0.3, 0.4) is 0 Å². The molecular formula is C23H30N2O3. The standard InChI is InChI=1S/C23H30N2O3/c1-27-21-10-4-6-18(22(21)28-20-8-2-3-9-20)17-25-14-11-23(26,12-15-25)19-7-5-13-24-16-19/h4-7,10,13,16,20,26H,2-3,8-9,11-12,14-15,17H2,1H3. The lowest BCUT2D eigenvalue weighted by Crippen LogP contribution is -2.42. The summed E-state index contributed by atoms with van der Waals surface area (Å²) < 4.78 is 12.0. The molecular weight excluding hydrogens is 352 g/mol. The Morgan fingerprint density at radius 3 is 2.61 bits per heavy atom.